The molecule has 0 heterocycles. The molecule has 0 unspecified atom stereocenters. The van der Waals surface area contributed by atoms with E-state index in [0.717, 1.165) is 32.1 Å². The highest BCUT2D eigenvalue weighted by Crippen LogP contribution is 2.45. The lowest BCUT2D eigenvalue weighted by molar-refractivity contribution is 0.539. The third-order valence-electron chi connectivity index (χ3n) is 4.48. The Balaban J connectivity index is 1.83. The van der Waals surface area contributed by atoms with E-state index < -0.39 is 10.0 Å². The van der Waals surface area contributed by atoms with Crippen LogP contribution in [0.3, 0.4) is 0 Å². The van der Waals surface area contributed by atoms with E-state index in [1.54, 1.807) is 0 Å². The molecule has 1 aliphatic carbocycles. The fourth-order valence-corrected chi connectivity index (χ4v) is 4.51. The molecule has 1 aliphatic rings. The highest BCUT2D eigenvalue weighted by atomic mass is 79.9. The largest absolute Gasteiger partial charge is 0.376 e. The minimum atomic E-state index is -3.35. The zero-order valence-electron chi connectivity index (χ0n) is 13.5. The van der Waals surface area contributed by atoms with Crippen LogP contribution in [-0.4, -0.2) is 14.7 Å². The molecule has 2 atom stereocenters. The molecule has 4 rings (SSSR count). The summed E-state index contributed by atoms with van der Waals surface area (Å²) in [5.41, 5.74) is 3.06. The highest BCUT2D eigenvalue weighted by Gasteiger charge is 2.35. The van der Waals surface area contributed by atoms with Gasteiger partial charge in [-0.2, -0.15) is 0 Å². The van der Waals surface area contributed by atoms with Crippen molar-refractivity contribution in [3.8, 4) is 0 Å². The van der Waals surface area contributed by atoms with Crippen LogP contribution in [0.25, 0.3) is 10.8 Å². The molecule has 0 bridgehead atoms. The van der Waals surface area contributed by atoms with Gasteiger partial charge in [0, 0.05) is 10.2 Å². The van der Waals surface area contributed by atoms with Gasteiger partial charge in [-0.25, -0.2) is 13.1 Å². The molecule has 0 saturated heterocycles. The fraction of sp³-hybridized carbons (Fsp3) is 0.158. The molecule has 0 radical (unpaired) electrons. The molecule has 2 N–H and O–H groups in total. The molecule has 25 heavy (non-hydrogen) atoms. The first-order chi connectivity index (χ1) is 11.9. The lowest BCUT2D eigenvalue weighted by Crippen LogP contribution is -2.32. The molecule has 6 heteroatoms. The summed E-state index contributed by atoms with van der Waals surface area (Å²) in [7, 11) is -3.35. The Morgan fingerprint density at radius 2 is 1.48 bits per heavy atom. The van der Waals surface area contributed by atoms with Crippen molar-refractivity contribution in [2.24, 2.45) is 0 Å². The van der Waals surface area contributed by atoms with Gasteiger partial charge in [-0.3, -0.25) is 0 Å². The summed E-state index contributed by atoms with van der Waals surface area (Å²) < 4.78 is 27.7. The van der Waals surface area contributed by atoms with Crippen LogP contribution in [0.15, 0.2) is 65.1 Å². The van der Waals surface area contributed by atoms with E-state index in [9.17, 15) is 8.42 Å². The molecular weight excluding hydrogens is 400 g/mol. The van der Waals surface area contributed by atoms with Crippen molar-refractivity contribution in [1.82, 2.24) is 4.72 Å². The monoisotopic (exact) mass is 416 g/mol. The van der Waals surface area contributed by atoms with Crippen LogP contribution in [0, 0.1) is 0 Å². The first kappa shape index (κ1) is 16.6. The SMILES string of the molecule is CS(=O)(=O)N[C@H]1c2cccc3cccc(c23)[C@@H]1Nc1ccc(Br)cc1. The minimum absolute atomic E-state index is 0.169. The Bertz CT molecular complexity index is 1040. The van der Waals surface area contributed by atoms with E-state index >= 15 is 0 Å². The quantitative estimate of drug-likeness (QED) is 0.663. The van der Waals surface area contributed by atoms with E-state index in [-0.39, 0.29) is 12.1 Å². The molecule has 4 nitrogen and oxygen atoms in total. The van der Waals surface area contributed by atoms with Crippen molar-refractivity contribution >= 4 is 42.4 Å². The van der Waals surface area contributed by atoms with Gasteiger partial charge in [0.05, 0.1) is 18.3 Å². The summed E-state index contributed by atoms with van der Waals surface area (Å²) in [6.07, 6.45) is 1.20. The predicted octanol–water partition coefficient (Wildman–Crippen LogP) is 4.36. The zero-order valence-corrected chi connectivity index (χ0v) is 15.9. The normalized spacial score (nSPS) is 19.3. The number of sulfonamides is 1. The van der Waals surface area contributed by atoms with Crippen LogP contribution in [0.4, 0.5) is 5.69 Å². The molecule has 0 saturated carbocycles. The Labute approximate surface area is 155 Å². The van der Waals surface area contributed by atoms with E-state index in [0.29, 0.717) is 0 Å². The molecule has 0 aliphatic heterocycles. The second kappa shape index (κ2) is 6.12. The second-order valence-electron chi connectivity index (χ2n) is 6.29. The third kappa shape index (κ3) is 3.17. The molecular formula is C19H17BrN2O2S. The number of anilines is 1. The predicted molar refractivity (Wildman–Crippen MR) is 105 cm³/mol. The van der Waals surface area contributed by atoms with Crippen molar-refractivity contribution in [2.75, 3.05) is 11.6 Å². The minimum Gasteiger partial charge on any atom is -0.376 e. The molecule has 128 valence electrons. The maximum absolute atomic E-state index is 12.0. The van der Waals surface area contributed by atoms with Gasteiger partial charge in [0.1, 0.15) is 0 Å². The van der Waals surface area contributed by atoms with Crippen LogP contribution in [-0.2, 0) is 10.0 Å². The van der Waals surface area contributed by atoms with Crippen LogP contribution in [0.2, 0.25) is 0 Å². The Morgan fingerprint density at radius 3 is 2.08 bits per heavy atom. The Kier molecular flexibility index (Phi) is 4.06. The van der Waals surface area contributed by atoms with Crippen molar-refractivity contribution in [1.29, 1.82) is 0 Å². The van der Waals surface area contributed by atoms with Gasteiger partial charge >= 0.3 is 0 Å². The maximum Gasteiger partial charge on any atom is 0.209 e. The Hall–Kier alpha value is -1.89. The zero-order chi connectivity index (χ0) is 17.6. The van der Waals surface area contributed by atoms with E-state index in [1.165, 1.54) is 6.26 Å². The summed E-state index contributed by atoms with van der Waals surface area (Å²) in [6, 6.07) is 19.5. The van der Waals surface area contributed by atoms with Gasteiger partial charge in [0.2, 0.25) is 10.0 Å². The van der Waals surface area contributed by atoms with Gasteiger partial charge in [-0.15, -0.1) is 0 Å². The molecule has 3 aromatic rings. The number of nitrogens with one attached hydrogen (secondary N) is 2. The number of hydrogen-bond donors (Lipinski definition) is 2. The standard InChI is InChI=1S/C19H17BrN2O2S/c1-25(23,24)22-19-16-7-3-5-12-4-2-6-15(17(12)16)18(19)21-14-10-8-13(20)9-11-14/h2-11,18-19,21-22H,1H3/t18-,19-/m0/s1. The van der Waals surface area contributed by atoms with Crippen molar-refractivity contribution in [3.63, 3.8) is 0 Å². The van der Waals surface area contributed by atoms with Crippen molar-refractivity contribution in [3.05, 3.63) is 76.3 Å². The van der Waals surface area contributed by atoms with Crippen molar-refractivity contribution in [2.45, 2.75) is 12.1 Å². The van der Waals surface area contributed by atoms with E-state index in [2.05, 4.69) is 44.2 Å². The van der Waals surface area contributed by atoms with E-state index in [4.69, 9.17) is 0 Å². The van der Waals surface area contributed by atoms with Gasteiger partial charge in [0.15, 0.2) is 0 Å². The maximum atomic E-state index is 12.0. The van der Waals surface area contributed by atoms with Crippen LogP contribution in [0.5, 0.6) is 0 Å². The smallest absolute Gasteiger partial charge is 0.209 e. The second-order valence-corrected chi connectivity index (χ2v) is 8.98. The molecule has 3 aromatic carbocycles. The summed E-state index contributed by atoms with van der Waals surface area (Å²) in [6.45, 7) is 0. The molecule has 0 fully saturated rings. The summed E-state index contributed by atoms with van der Waals surface area (Å²) in [5, 5.41) is 5.75. The van der Waals surface area contributed by atoms with Gasteiger partial charge < -0.3 is 5.32 Å². The average molecular weight is 417 g/mol. The Morgan fingerprint density at radius 1 is 0.880 bits per heavy atom. The average Bonchev–Trinajstić information content (AvgIpc) is 2.85. The molecule has 0 amide bonds. The van der Waals surface area contributed by atoms with Crippen LogP contribution in [0.1, 0.15) is 23.2 Å². The first-order valence-electron chi connectivity index (χ1n) is 7.93. The number of hydrogen-bond acceptors (Lipinski definition) is 3. The van der Waals surface area contributed by atoms with Crippen LogP contribution >= 0.6 is 15.9 Å². The third-order valence-corrected chi connectivity index (χ3v) is 5.69. The topological polar surface area (TPSA) is 58.2 Å². The van der Waals surface area contributed by atoms with E-state index in [1.807, 2.05) is 42.5 Å². The lowest BCUT2D eigenvalue weighted by atomic mass is 10.0. The molecule has 0 spiro atoms. The van der Waals surface area contributed by atoms with Gasteiger partial charge in [0.25, 0.3) is 0 Å². The van der Waals surface area contributed by atoms with Gasteiger partial charge in [-0.1, -0.05) is 52.3 Å². The first-order valence-corrected chi connectivity index (χ1v) is 10.6. The van der Waals surface area contributed by atoms with Crippen molar-refractivity contribution < 1.29 is 8.42 Å². The number of benzene rings is 3. The summed E-state index contributed by atoms with van der Waals surface area (Å²) in [4.78, 5) is 0. The van der Waals surface area contributed by atoms with Crippen LogP contribution < -0.4 is 10.0 Å². The molecule has 0 aromatic heterocycles. The lowest BCUT2D eigenvalue weighted by Gasteiger charge is -2.24. The fourth-order valence-electron chi connectivity index (χ4n) is 3.53. The van der Waals surface area contributed by atoms with Gasteiger partial charge in [-0.05, 0) is 46.2 Å². The number of rotatable bonds is 4. The summed E-state index contributed by atoms with van der Waals surface area (Å²) >= 11 is 3.44. The number of halogens is 1. The highest BCUT2D eigenvalue weighted by molar-refractivity contribution is 9.10. The summed E-state index contributed by atoms with van der Waals surface area (Å²) in [5.74, 6) is 0.